The van der Waals surface area contributed by atoms with Crippen LogP contribution in [0, 0.1) is 11.8 Å². The van der Waals surface area contributed by atoms with Crippen molar-refractivity contribution in [1.82, 2.24) is 0 Å². The zero-order chi connectivity index (χ0) is 18.8. The fourth-order valence-electron chi connectivity index (χ4n) is 5.86. The summed E-state index contributed by atoms with van der Waals surface area (Å²) in [6, 6.07) is 34.2. The summed E-state index contributed by atoms with van der Waals surface area (Å²) in [5.41, 5.74) is 2.33. The molecular formula is C27H29P. The van der Waals surface area contributed by atoms with E-state index >= 15 is 0 Å². The first kappa shape index (κ1) is 18.1. The Morgan fingerprint density at radius 3 is 1.75 bits per heavy atom. The largest absolute Gasteiger partial charge is 0.0622 e. The molecule has 2 saturated carbocycles. The summed E-state index contributed by atoms with van der Waals surface area (Å²) in [4.78, 5) is 0. The molecule has 3 aromatic rings. The van der Waals surface area contributed by atoms with Crippen LogP contribution >= 0.6 is 7.92 Å². The van der Waals surface area contributed by atoms with Crippen LogP contribution in [0.3, 0.4) is 0 Å². The molecule has 3 aromatic carbocycles. The van der Waals surface area contributed by atoms with E-state index in [1.165, 1.54) is 32.1 Å². The second-order valence-corrected chi connectivity index (χ2v) is 10.9. The maximum Gasteiger partial charge on any atom is -0.00545 e. The molecule has 0 aliphatic heterocycles. The van der Waals surface area contributed by atoms with E-state index in [9.17, 15) is 0 Å². The van der Waals surface area contributed by atoms with E-state index in [-0.39, 0.29) is 7.92 Å². The highest BCUT2D eigenvalue weighted by atomic mass is 31.1. The third kappa shape index (κ3) is 3.44. The van der Waals surface area contributed by atoms with Crippen LogP contribution in [0.2, 0.25) is 0 Å². The molecule has 4 atom stereocenters. The van der Waals surface area contributed by atoms with E-state index in [4.69, 9.17) is 0 Å². The van der Waals surface area contributed by atoms with Crippen molar-refractivity contribution in [2.45, 2.75) is 43.7 Å². The lowest BCUT2D eigenvalue weighted by atomic mass is 9.76. The third-order valence-electron chi connectivity index (χ3n) is 6.97. The van der Waals surface area contributed by atoms with Gasteiger partial charge < -0.3 is 0 Å². The first-order valence-electron chi connectivity index (χ1n) is 10.9. The van der Waals surface area contributed by atoms with Gasteiger partial charge in [0.25, 0.3) is 0 Å². The van der Waals surface area contributed by atoms with Crippen LogP contribution in [0.25, 0.3) is 0 Å². The quantitative estimate of drug-likeness (QED) is 0.452. The smallest absolute Gasteiger partial charge is 0.00545 e. The van der Waals surface area contributed by atoms with Crippen LogP contribution in [-0.2, 0) is 0 Å². The maximum atomic E-state index is 2.40. The molecule has 1 heteroatoms. The average Bonchev–Trinajstić information content (AvgIpc) is 3.15. The van der Waals surface area contributed by atoms with Crippen molar-refractivity contribution < 1.29 is 0 Å². The number of rotatable bonds is 4. The van der Waals surface area contributed by atoms with Crippen LogP contribution in [0.15, 0.2) is 91.0 Å². The number of hydrogen-bond acceptors (Lipinski definition) is 0. The topological polar surface area (TPSA) is 0 Å². The molecule has 2 aliphatic carbocycles. The molecule has 2 aliphatic rings. The van der Waals surface area contributed by atoms with Gasteiger partial charge >= 0.3 is 0 Å². The van der Waals surface area contributed by atoms with Crippen molar-refractivity contribution in [2.75, 3.05) is 0 Å². The van der Waals surface area contributed by atoms with Crippen molar-refractivity contribution >= 4 is 18.5 Å². The summed E-state index contributed by atoms with van der Waals surface area (Å²) >= 11 is 0. The Kier molecular flexibility index (Phi) is 5.32. The molecule has 0 nitrogen and oxygen atoms in total. The Bertz CT molecular complexity index is 834. The minimum absolute atomic E-state index is 0.352. The highest BCUT2D eigenvalue weighted by Crippen LogP contribution is 2.60. The third-order valence-corrected chi connectivity index (χ3v) is 9.88. The van der Waals surface area contributed by atoms with E-state index in [2.05, 4.69) is 91.0 Å². The standard InChI is InChI=1S/C27H29P/c1-4-12-21(13-5-1)27-25-19-11-10-14-22(25)20-26(27)28(23-15-6-2-7-16-23)24-17-8-3-9-18-24/h1-9,12-13,15-18,22,25-27H,10-11,14,19-20H2. The lowest BCUT2D eigenvalue weighted by Gasteiger charge is -2.34. The van der Waals surface area contributed by atoms with E-state index in [0.717, 1.165) is 17.5 Å². The van der Waals surface area contributed by atoms with Crippen molar-refractivity contribution in [3.8, 4) is 0 Å². The van der Waals surface area contributed by atoms with Gasteiger partial charge in [-0.3, -0.25) is 0 Å². The van der Waals surface area contributed by atoms with Crippen LogP contribution in [0.4, 0.5) is 0 Å². The van der Waals surface area contributed by atoms with Gasteiger partial charge in [0.1, 0.15) is 0 Å². The van der Waals surface area contributed by atoms with Crippen molar-refractivity contribution in [3.63, 3.8) is 0 Å². The van der Waals surface area contributed by atoms with Gasteiger partial charge in [-0.05, 0) is 60.3 Å². The normalized spacial score (nSPS) is 26.9. The Hall–Kier alpha value is -1.91. The Balaban J connectivity index is 1.62. The molecule has 142 valence electrons. The number of benzene rings is 3. The summed E-state index contributed by atoms with van der Waals surface area (Å²) in [6.45, 7) is 0. The molecule has 0 aromatic heterocycles. The summed E-state index contributed by atoms with van der Waals surface area (Å²) in [5.74, 6) is 2.50. The molecule has 2 fully saturated rings. The van der Waals surface area contributed by atoms with E-state index < -0.39 is 0 Å². The summed E-state index contributed by atoms with van der Waals surface area (Å²) in [7, 11) is -0.352. The van der Waals surface area contributed by atoms with Gasteiger partial charge in [-0.25, -0.2) is 0 Å². The maximum absolute atomic E-state index is 2.40. The van der Waals surface area contributed by atoms with E-state index in [0.29, 0.717) is 5.92 Å². The molecule has 28 heavy (non-hydrogen) atoms. The summed E-state index contributed by atoms with van der Waals surface area (Å²) < 4.78 is 0. The van der Waals surface area contributed by atoms with Gasteiger partial charge in [0, 0.05) is 0 Å². The molecule has 4 unspecified atom stereocenters. The van der Waals surface area contributed by atoms with Gasteiger partial charge in [0.15, 0.2) is 0 Å². The van der Waals surface area contributed by atoms with Crippen LogP contribution < -0.4 is 10.6 Å². The summed E-state index contributed by atoms with van der Waals surface area (Å²) in [5, 5.41) is 3.10. The van der Waals surface area contributed by atoms with Crippen molar-refractivity contribution in [3.05, 3.63) is 96.6 Å². The van der Waals surface area contributed by atoms with Crippen LogP contribution in [0.1, 0.15) is 43.6 Å². The van der Waals surface area contributed by atoms with Gasteiger partial charge in [-0.1, -0.05) is 110 Å². The minimum atomic E-state index is -0.352. The first-order valence-corrected chi connectivity index (χ1v) is 12.3. The van der Waals surface area contributed by atoms with Gasteiger partial charge in [0.2, 0.25) is 0 Å². The van der Waals surface area contributed by atoms with Gasteiger partial charge in [-0.2, -0.15) is 0 Å². The molecule has 0 heterocycles. The lowest BCUT2D eigenvalue weighted by Crippen LogP contribution is -2.26. The molecule has 0 radical (unpaired) electrons. The Morgan fingerprint density at radius 1 is 0.607 bits per heavy atom. The average molecular weight is 385 g/mol. The fraction of sp³-hybridized carbons (Fsp3) is 0.333. The van der Waals surface area contributed by atoms with E-state index in [1.807, 2.05) is 0 Å². The lowest BCUT2D eigenvalue weighted by molar-refractivity contribution is 0.260. The Morgan fingerprint density at radius 2 is 1.14 bits per heavy atom. The highest BCUT2D eigenvalue weighted by molar-refractivity contribution is 7.73. The predicted molar refractivity (Wildman–Crippen MR) is 122 cm³/mol. The van der Waals surface area contributed by atoms with Crippen LogP contribution in [-0.4, -0.2) is 5.66 Å². The van der Waals surface area contributed by atoms with Crippen molar-refractivity contribution in [1.29, 1.82) is 0 Å². The second-order valence-electron chi connectivity index (χ2n) is 8.49. The van der Waals surface area contributed by atoms with Gasteiger partial charge in [-0.15, -0.1) is 0 Å². The molecule has 5 rings (SSSR count). The number of hydrogen-bond donors (Lipinski definition) is 0. The SMILES string of the molecule is c1ccc(C2C3CCCCC3CC2P(c2ccccc2)c2ccccc2)cc1. The molecule has 0 N–H and O–H groups in total. The Labute approximate surface area is 170 Å². The zero-order valence-corrected chi connectivity index (χ0v) is 17.3. The highest BCUT2D eigenvalue weighted by Gasteiger charge is 2.47. The zero-order valence-electron chi connectivity index (χ0n) is 16.5. The monoisotopic (exact) mass is 384 g/mol. The second kappa shape index (κ2) is 8.22. The minimum Gasteiger partial charge on any atom is -0.0622 e. The molecule has 0 amide bonds. The molecule has 0 saturated heterocycles. The molecule has 0 bridgehead atoms. The first-order chi connectivity index (χ1) is 13.9. The van der Waals surface area contributed by atoms with Crippen molar-refractivity contribution in [2.24, 2.45) is 11.8 Å². The van der Waals surface area contributed by atoms with Gasteiger partial charge in [0.05, 0.1) is 0 Å². The van der Waals surface area contributed by atoms with E-state index in [1.54, 1.807) is 16.2 Å². The summed E-state index contributed by atoms with van der Waals surface area (Å²) in [6.07, 6.45) is 7.13. The predicted octanol–water partition coefficient (Wildman–Crippen LogP) is 6.48. The fourth-order valence-corrected chi connectivity index (χ4v) is 9.11. The number of fused-ring (bicyclic) bond motifs is 1. The molecule has 0 spiro atoms. The van der Waals surface area contributed by atoms with Crippen LogP contribution in [0.5, 0.6) is 0 Å². The molecular weight excluding hydrogens is 355 g/mol.